The Morgan fingerprint density at radius 1 is 1.07 bits per heavy atom. The summed E-state index contributed by atoms with van der Waals surface area (Å²) in [6.45, 7) is 5.76. The molecule has 88 valence electrons. The van der Waals surface area contributed by atoms with Gasteiger partial charge < -0.3 is 9.47 Å². The minimum absolute atomic E-state index is 0.137. The van der Waals surface area contributed by atoms with Crippen LogP contribution in [0.15, 0.2) is 0 Å². The minimum atomic E-state index is -0.216. The molecule has 1 unspecified atom stereocenters. The zero-order valence-electron chi connectivity index (χ0n) is 9.75. The maximum absolute atomic E-state index is 11.0. The SMILES string of the molecule is CCC(=O)OCCC(CC)OC(=O)CC. The van der Waals surface area contributed by atoms with Gasteiger partial charge in [-0.1, -0.05) is 20.8 Å². The average Bonchev–Trinajstić information content (AvgIpc) is 2.26. The third kappa shape index (κ3) is 6.94. The van der Waals surface area contributed by atoms with Crippen LogP contribution in [0.2, 0.25) is 0 Å². The molecule has 0 saturated heterocycles. The van der Waals surface area contributed by atoms with E-state index in [-0.39, 0.29) is 18.0 Å². The first-order chi connectivity index (χ1) is 7.13. The van der Waals surface area contributed by atoms with Gasteiger partial charge in [-0.25, -0.2) is 0 Å². The van der Waals surface area contributed by atoms with Crippen molar-refractivity contribution in [3.05, 3.63) is 0 Å². The van der Waals surface area contributed by atoms with Gasteiger partial charge in [0.15, 0.2) is 0 Å². The molecule has 0 bridgehead atoms. The summed E-state index contributed by atoms with van der Waals surface area (Å²) in [6, 6.07) is 0. The predicted molar refractivity (Wildman–Crippen MR) is 56.3 cm³/mol. The van der Waals surface area contributed by atoms with Crippen LogP contribution in [0.3, 0.4) is 0 Å². The lowest BCUT2D eigenvalue weighted by Crippen LogP contribution is -2.19. The Hall–Kier alpha value is -1.06. The van der Waals surface area contributed by atoms with E-state index in [9.17, 15) is 9.59 Å². The van der Waals surface area contributed by atoms with Crippen LogP contribution in [0.4, 0.5) is 0 Å². The van der Waals surface area contributed by atoms with Crippen molar-refractivity contribution < 1.29 is 19.1 Å². The molecule has 15 heavy (non-hydrogen) atoms. The molecule has 0 fully saturated rings. The first-order valence-corrected chi connectivity index (χ1v) is 5.49. The average molecular weight is 216 g/mol. The molecule has 0 aromatic carbocycles. The number of carbonyl (C=O) groups is 2. The highest BCUT2D eigenvalue weighted by Crippen LogP contribution is 2.05. The van der Waals surface area contributed by atoms with Crippen LogP contribution in [0, 0.1) is 0 Å². The second kappa shape index (κ2) is 8.26. The monoisotopic (exact) mass is 216 g/mol. The summed E-state index contributed by atoms with van der Waals surface area (Å²) in [4.78, 5) is 21.8. The molecule has 0 amide bonds. The van der Waals surface area contributed by atoms with Gasteiger partial charge in [0, 0.05) is 19.3 Å². The Kier molecular flexibility index (Phi) is 7.68. The second-order valence-corrected chi connectivity index (χ2v) is 3.24. The van der Waals surface area contributed by atoms with E-state index in [1.807, 2.05) is 6.92 Å². The number of rotatable bonds is 7. The fourth-order valence-electron chi connectivity index (χ4n) is 1.02. The van der Waals surface area contributed by atoms with Crippen LogP contribution in [0.1, 0.15) is 46.5 Å². The maximum Gasteiger partial charge on any atom is 0.305 e. The number of hydrogen-bond donors (Lipinski definition) is 0. The lowest BCUT2D eigenvalue weighted by Gasteiger charge is -2.15. The molecule has 4 nitrogen and oxygen atoms in total. The van der Waals surface area contributed by atoms with Gasteiger partial charge in [0.2, 0.25) is 0 Å². The van der Waals surface area contributed by atoms with Gasteiger partial charge in [0.05, 0.1) is 6.61 Å². The summed E-state index contributed by atoms with van der Waals surface area (Å²) in [7, 11) is 0. The minimum Gasteiger partial charge on any atom is -0.466 e. The van der Waals surface area contributed by atoms with E-state index in [0.717, 1.165) is 6.42 Å². The molecule has 1 atom stereocenters. The Morgan fingerprint density at radius 2 is 1.67 bits per heavy atom. The fourth-order valence-corrected chi connectivity index (χ4v) is 1.02. The molecule has 4 heteroatoms. The van der Waals surface area contributed by atoms with E-state index >= 15 is 0 Å². The second-order valence-electron chi connectivity index (χ2n) is 3.24. The molecule has 0 heterocycles. The van der Waals surface area contributed by atoms with E-state index in [1.54, 1.807) is 13.8 Å². The van der Waals surface area contributed by atoms with Crippen LogP contribution < -0.4 is 0 Å². The summed E-state index contributed by atoms with van der Waals surface area (Å²) in [5, 5.41) is 0. The van der Waals surface area contributed by atoms with Gasteiger partial charge in [0.1, 0.15) is 6.10 Å². The van der Waals surface area contributed by atoms with Gasteiger partial charge in [0.25, 0.3) is 0 Å². The molecule has 0 aromatic rings. The summed E-state index contributed by atoms with van der Waals surface area (Å²) in [5.74, 6) is -0.421. The Bertz CT molecular complexity index is 201. The van der Waals surface area contributed by atoms with Gasteiger partial charge in [-0.15, -0.1) is 0 Å². The summed E-state index contributed by atoms with van der Waals surface area (Å²) >= 11 is 0. The number of ether oxygens (including phenoxy) is 2. The molecule has 0 N–H and O–H groups in total. The third-order valence-corrected chi connectivity index (χ3v) is 2.03. The third-order valence-electron chi connectivity index (χ3n) is 2.03. The van der Waals surface area contributed by atoms with Crippen molar-refractivity contribution in [2.45, 2.75) is 52.6 Å². The van der Waals surface area contributed by atoms with Crippen molar-refractivity contribution >= 4 is 11.9 Å². The predicted octanol–water partition coefficient (Wildman–Crippen LogP) is 2.06. The molecule has 0 rings (SSSR count). The molecule has 0 aliphatic carbocycles. The van der Waals surface area contributed by atoms with Crippen LogP contribution in [-0.4, -0.2) is 24.6 Å². The lowest BCUT2D eigenvalue weighted by molar-refractivity contribution is -0.151. The Balaban J connectivity index is 3.70. The number of carbonyl (C=O) groups excluding carboxylic acids is 2. The van der Waals surface area contributed by atoms with Crippen molar-refractivity contribution in [2.24, 2.45) is 0 Å². The van der Waals surface area contributed by atoms with E-state index < -0.39 is 0 Å². The van der Waals surface area contributed by atoms with Crippen LogP contribution in [0.25, 0.3) is 0 Å². The van der Waals surface area contributed by atoms with Crippen LogP contribution >= 0.6 is 0 Å². The molecule has 0 aromatic heterocycles. The highest BCUT2D eigenvalue weighted by Gasteiger charge is 2.11. The number of esters is 2. The Labute approximate surface area is 90.9 Å². The maximum atomic E-state index is 11.0. The van der Waals surface area contributed by atoms with E-state index in [2.05, 4.69) is 0 Å². The van der Waals surface area contributed by atoms with Crippen molar-refractivity contribution in [1.29, 1.82) is 0 Å². The van der Waals surface area contributed by atoms with Crippen LogP contribution in [-0.2, 0) is 19.1 Å². The van der Waals surface area contributed by atoms with Gasteiger partial charge in [-0.2, -0.15) is 0 Å². The summed E-state index contributed by atoms with van der Waals surface area (Å²) in [6.07, 6.45) is 1.95. The molecule has 0 radical (unpaired) electrons. The van der Waals surface area contributed by atoms with Gasteiger partial charge in [-0.3, -0.25) is 9.59 Å². The Morgan fingerprint density at radius 3 is 2.13 bits per heavy atom. The summed E-state index contributed by atoms with van der Waals surface area (Å²) in [5.41, 5.74) is 0. The normalized spacial score (nSPS) is 11.9. The van der Waals surface area contributed by atoms with Gasteiger partial charge in [-0.05, 0) is 6.42 Å². The zero-order valence-corrected chi connectivity index (χ0v) is 9.75. The standard InChI is InChI=1S/C11H20O4/c1-4-9(15-11(13)6-3)7-8-14-10(12)5-2/h9H,4-8H2,1-3H3. The summed E-state index contributed by atoms with van der Waals surface area (Å²) < 4.78 is 10.0. The fraction of sp³-hybridized carbons (Fsp3) is 0.818. The van der Waals surface area contributed by atoms with E-state index in [4.69, 9.17) is 9.47 Å². The highest BCUT2D eigenvalue weighted by atomic mass is 16.6. The van der Waals surface area contributed by atoms with Crippen molar-refractivity contribution in [1.82, 2.24) is 0 Å². The zero-order chi connectivity index (χ0) is 11.7. The molecule has 0 aliphatic heterocycles. The topological polar surface area (TPSA) is 52.6 Å². The van der Waals surface area contributed by atoms with Crippen molar-refractivity contribution in [2.75, 3.05) is 6.61 Å². The van der Waals surface area contributed by atoms with E-state index in [1.165, 1.54) is 0 Å². The smallest absolute Gasteiger partial charge is 0.305 e. The van der Waals surface area contributed by atoms with E-state index in [0.29, 0.717) is 25.9 Å². The van der Waals surface area contributed by atoms with Crippen molar-refractivity contribution in [3.8, 4) is 0 Å². The molecule has 0 saturated carbocycles. The first kappa shape index (κ1) is 13.9. The van der Waals surface area contributed by atoms with Crippen molar-refractivity contribution in [3.63, 3.8) is 0 Å². The first-order valence-electron chi connectivity index (χ1n) is 5.49. The molecule has 0 spiro atoms. The largest absolute Gasteiger partial charge is 0.466 e. The molecule has 0 aliphatic rings. The van der Waals surface area contributed by atoms with Crippen LogP contribution in [0.5, 0.6) is 0 Å². The van der Waals surface area contributed by atoms with Gasteiger partial charge >= 0.3 is 11.9 Å². The quantitative estimate of drug-likeness (QED) is 0.611. The lowest BCUT2D eigenvalue weighted by atomic mass is 10.2. The molecular formula is C11H20O4. The highest BCUT2D eigenvalue weighted by molar-refractivity contribution is 5.69. The molecular weight excluding hydrogens is 196 g/mol. The number of hydrogen-bond acceptors (Lipinski definition) is 4.